The minimum atomic E-state index is -0.844. The molecule has 1 fully saturated rings. The molecular weight excluding hydrogens is 256 g/mol. The molecule has 0 amide bonds. The summed E-state index contributed by atoms with van der Waals surface area (Å²) in [6, 6.07) is 9.67. The first-order valence-electron chi connectivity index (χ1n) is 6.76. The van der Waals surface area contributed by atoms with Crippen molar-refractivity contribution in [2.75, 3.05) is 13.2 Å². The molecule has 20 heavy (non-hydrogen) atoms. The van der Waals surface area contributed by atoms with Gasteiger partial charge in [0.15, 0.2) is 5.78 Å². The van der Waals surface area contributed by atoms with Crippen LogP contribution in [-0.2, 0) is 19.1 Å². The summed E-state index contributed by atoms with van der Waals surface area (Å²) in [7, 11) is 0. The van der Waals surface area contributed by atoms with Gasteiger partial charge in [-0.3, -0.25) is 9.59 Å². The van der Waals surface area contributed by atoms with Gasteiger partial charge >= 0.3 is 5.97 Å². The molecule has 0 bridgehead atoms. The van der Waals surface area contributed by atoms with E-state index in [0.717, 1.165) is 5.56 Å². The lowest BCUT2D eigenvalue weighted by atomic mass is 9.92. The molecule has 0 N–H and O–H groups in total. The van der Waals surface area contributed by atoms with E-state index in [0.29, 0.717) is 6.61 Å². The van der Waals surface area contributed by atoms with Crippen molar-refractivity contribution < 1.29 is 19.1 Å². The second-order valence-electron chi connectivity index (χ2n) is 4.55. The topological polar surface area (TPSA) is 52.6 Å². The van der Waals surface area contributed by atoms with Crippen molar-refractivity contribution in [3.05, 3.63) is 42.0 Å². The molecule has 0 aromatic heterocycles. The van der Waals surface area contributed by atoms with E-state index in [9.17, 15) is 9.59 Å². The first-order chi connectivity index (χ1) is 9.72. The van der Waals surface area contributed by atoms with Gasteiger partial charge in [0, 0.05) is 6.42 Å². The van der Waals surface area contributed by atoms with E-state index >= 15 is 0 Å². The molecule has 1 aromatic rings. The predicted molar refractivity (Wildman–Crippen MR) is 75.0 cm³/mol. The van der Waals surface area contributed by atoms with Crippen LogP contribution in [0.25, 0.3) is 6.08 Å². The quantitative estimate of drug-likeness (QED) is 0.624. The zero-order valence-corrected chi connectivity index (χ0v) is 11.5. The van der Waals surface area contributed by atoms with Gasteiger partial charge in [0.05, 0.1) is 19.3 Å². The molecule has 0 aliphatic carbocycles. The number of hydrogen-bond donors (Lipinski definition) is 0. The number of carbonyl (C=O) groups is 2. The molecule has 0 saturated carbocycles. The molecule has 2 atom stereocenters. The van der Waals surface area contributed by atoms with Gasteiger partial charge in [-0.05, 0) is 12.5 Å². The summed E-state index contributed by atoms with van der Waals surface area (Å²) in [5.74, 6) is -1.46. The van der Waals surface area contributed by atoms with Crippen LogP contribution in [0.4, 0.5) is 0 Å². The van der Waals surface area contributed by atoms with Crippen LogP contribution in [-0.4, -0.2) is 31.1 Å². The normalized spacial score (nSPS) is 22.9. The lowest BCUT2D eigenvalue weighted by Gasteiger charge is -2.26. The summed E-state index contributed by atoms with van der Waals surface area (Å²) in [6.45, 7) is 2.33. The smallest absolute Gasteiger partial charge is 0.319 e. The van der Waals surface area contributed by atoms with Crippen molar-refractivity contribution in [2.45, 2.75) is 19.4 Å². The summed E-state index contributed by atoms with van der Waals surface area (Å²) < 4.78 is 10.5. The molecular formula is C16H18O4. The van der Waals surface area contributed by atoms with E-state index < -0.39 is 18.0 Å². The average Bonchev–Trinajstić information content (AvgIpc) is 2.46. The Morgan fingerprint density at radius 3 is 2.85 bits per heavy atom. The van der Waals surface area contributed by atoms with Gasteiger partial charge in [0.25, 0.3) is 0 Å². The number of rotatable bonds is 4. The third-order valence-electron chi connectivity index (χ3n) is 3.15. The monoisotopic (exact) mass is 274 g/mol. The van der Waals surface area contributed by atoms with E-state index in [1.54, 1.807) is 13.0 Å². The van der Waals surface area contributed by atoms with Gasteiger partial charge in [0.1, 0.15) is 5.92 Å². The van der Waals surface area contributed by atoms with Crippen LogP contribution < -0.4 is 0 Å². The Morgan fingerprint density at radius 1 is 1.40 bits per heavy atom. The number of carbonyl (C=O) groups excluding carboxylic acids is 2. The highest BCUT2D eigenvalue weighted by atomic mass is 16.5. The van der Waals surface area contributed by atoms with Gasteiger partial charge in [0.2, 0.25) is 0 Å². The number of esters is 1. The molecule has 1 saturated heterocycles. The number of benzene rings is 1. The Balaban J connectivity index is 2.12. The fourth-order valence-electron chi connectivity index (χ4n) is 2.16. The van der Waals surface area contributed by atoms with Gasteiger partial charge < -0.3 is 9.47 Å². The molecule has 0 unspecified atom stereocenters. The van der Waals surface area contributed by atoms with Gasteiger partial charge in [-0.25, -0.2) is 0 Å². The molecule has 4 heteroatoms. The second kappa shape index (κ2) is 7.01. The molecule has 0 spiro atoms. The first kappa shape index (κ1) is 14.5. The summed E-state index contributed by atoms with van der Waals surface area (Å²) in [4.78, 5) is 23.8. The average molecular weight is 274 g/mol. The number of hydrogen-bond acceptors (Lipinski definition) is 4. The number of Topliss-reactive ketones (excluding diaryl/α,β-unsaturated/α-hetero) is 1. The van der Waals surface area contributed by atoms with E-state index in [-0.39, 0.29) is 18.8 Å². The standard InChI is InChI=1S/C16H18O4/c1-2-19-16(18)15-13(17)10-11-20-14(15)9-8-12-6-4-3-5-7-12/h3-9,14-15H,2,10-11H2,1H3/b9-8+/t14-,15+/m1/s1. The van der Waals surface area contributed by atoms with Crippen LogP contribution in [0.3, 0.4) is 0 Å². The van der Waals surface area contributed by atoms with Crippen molar-refractivity contribution in [2.24, 2.45) is 5.92 Å². The van der Waals surface area contributed by atoms with Crippen LogP contribution in [0.5, 0.6) is 0 Å². The highest BCUT2D eigenvalue weighted by molar-refractivity contribution is 6.00. The minimum Gasteiger partial charge on any atom is -0.465 e. The highest BCUT2D eigenvalue weighted by Crippen LogP contribution is 2.21. The van der Waals surface area contributed by atoms with Crippen molar-refractivity contribution in [3.8, 4) is 0 Å². The van der Waals surface area contributed by atoms with E-state index in [1.807, 2.05) is 36.4 Å². The molecule has 1 aromatic carbocycles. The van der Waals surface area contributed by atoms with Crippen LogP contribution in [0, 0.1) is 5.92 Å². The number of ether oxygens (including phenoxy) is 2. The van der Waals surface area contributed by atoms with Crippen molar-refractivity contribution in [3.63, 3.8) is 0 Å². The Hall–Kier alpha value is -1.94. The fourth-order valence-corrected chi connectivity index (χ4v) is 2.16. The molecule has 1 aliphatic rings. The Labute approximate surface area is 118 Å². The van der Waals surface area contributed by atoms with E-state index in [2.05, 4.69) is 0 Å². The van der Waals surface area contributed by atoms with E-state index in [1.165, 1.54) is 0 Å². The molecule has 1 aliphatic heterocycles. The van der Waals surface area contributed by atoms with Crippen LogP contribution in [0.2, 0.25) is 0 Å². The first-order valence-corrected chi connectivity index (χ1v) is 6.76. The second-order valence-corrected chi connectivity index (χ2v) is 4.55. The lowest BCUT2D eigenvalue weighted by Crippen LogP contribution is -2.41. The molecule has 0 radical (unpaired) electrons. The van der Waals surface area contributed by atoms with Crippen molar-refractivity contribution in [1.82, 2.24) is 0 Å². The Morgan fingerprint density at radius 2 is 2.15 bits per heavy atom. The van der Waals surface area contributed by atoms with Crippen molar-refractivity contribution >= 4 is 17.8 Å². The molecule has 2 rings (SSSR count). The van der Waals surface area contributed by atoms with E-state index in [4.69, 9.17) is 9.47 Å². The molecule has 1 heterocycles. The Bertz CT molecular complexity index is 492. The summed E-state index contributed by atoms with van der Waals surface area (Å²) in [5.41, 5.74) is 0.997. The largest absolute Gasteiger partial charge is 0.465 e. The van der Waals surface area contributed by atoms with Gasteiger partial charge in [-0.2, -0.15) is 0 Å². The summed E-state index contributed by atoms with van der Waals surface area (Å²) in [5, 5.41) is 0. The maximum absolute atomic E-state index is 11.9. The van der Waals surface area contributed by atoms with Crippen LogP contribution >= 0.6 is 0 Å². The fraction of sp³-hybridized carbons (Fsp3) is 0.375. The molecule has 106 valence electrons. The maximum Gasteiger partial charge on any atom is 0.319 e. The highest BCUT2D eigenvalue weighted by Gasteiger charge is 2.38. The van der Waals surface area contributed by atoms with Gasteiger partial charge in [-0.1, -0.05) is 42.5 Å². The third kappa shape index (κ3) is 3.54. The maximum atomic E-state index is 11.9. The summed E-state index contributed by atoms with van der Waals surface area (Å²) in [6.07, 6.45) is 3.33. The summed E-state index contributed by atoms with van der Waals surface area (Å²) >= 11 is 0. The Kier molecular flexibility index (Phi) is 5.07. The van der Waals surface area contributed by atoms with Crippen molar-refractivity contribution in [1.29, 1.82) is 0 Å². The zero-order chi connectivity index (χ0) is 14.4. The predicted octanol–water partition coefficient (Wildman–Crippen LogP) is 2.24. The van der Waals surface area contributed by atoms with Crippen LogP contribution in [0.1, 0.15) is 18.9 Å². The van der Waals surface area contributed by atoms with Crippen LogP contribution in [0.15, 0.2) is 36.4 Å². The number of ketones is 1. The minimum absolute atomic E-state index is 0.114. The third-order valence-corrected chi connectivity index (χ3v) is 3.15. The molecule has 4 nitrogen and oxygen atoms in total. The zero-order valence-electron chi connectivity index (χ0n) is 11.5. The lowest BCUT2D eigenvalue weighted by molar-refractivity contribution is -0.160. The SMILES string of the molecule is CCOC(=O)[C@H]1C(=O)CCO[C@@H]1/C=C/c1ccccc1. The van der Waals surface area contributed by atoms with Gasteiger partial charge in [-0.15, -0.1) is 0 Å².